The number of methoxy groups -OCH3 is 2. The monoisotopic (exact) mass is 483 g/mol. The number of esters is 1. The van der Waals surface area contributed by atoms with Crippen molar-refractivity contribution in [3.8, 4) is 11.5 Å². The van der Waals surface area contributed by atoms with Gasteiger partial charge in [-0.15, -0.1) is 0 Å². The molecule has 180 valence electrons. The van der Waals surface area contributed by atoms with E-state index in [2.05, 4.69) is 6.58 Å². The molecule has 0 unspecified atom stereocenters. The van der Waals surface area contributed by atoms with Crippen LogP contribution < -0.4 is 9.47 Å². The van der Waals surface area contributed by atoms with Crippen LogP contribution in [0.4, 0.5) is 0 Å². The molecular weight excluding hydrogens is 454 g/mol. The Hall–Kier alpha value is -3.20. The Morgan fingerprint density at radius 2 is 2.00 bits per heavy atom. The second kappa shape index (κ2) is 10.4. The van der Waals surface area contributed by atoms with Crippen molar-refractivity contribution < 1.29 is 23.8 Å². The normalized spacial score (nSPS) is 19.4. The summed E-state index contributed by atoms with van der Waals surface area (Å²) in [6.45, 7) is 7.08. The zero-order valence-electron chi connectivity index (χ0n) is 19.7. The van der Waals surface area contributed by atoms with Gasteiger partial charge in [0.05, 0.1) is 38.0 Å². The van der Waals surface area contributed by atoms with Gasteiger partial charge in [0, 0.05) is 24.4 Å². The van der Waals surface area contributed by atoms with Crippen molar-refractivity contribution in [1.82, 2.24) is 9.80 Å². The minimum absolute atomic E-state index is 0.0732. The van der Waals surface area contributed by atoms with Gasteiger partial charge in [0.15, 0.2) is 16.7 Å². The molecule has 1 saturated heterocycles. The van der Waals surface area contributed by atoms with E-state index in [0.717, 1.165) is 37.2 Å². The van der Waals surface area contributed by atoms with E-state index in [4.69, 9.17) is 19.2 Å². The van der Waals surface area contributed by atoms with E-state index in [1.807, 2.05) is 27.3 Å². The van der Waals surface area contributed by atoms with Crippen LogP contribution in [0, 0.1) is 0 Å². The summed E-state index contributed by atoms with van der Waals surface area (Å²) in [7, 11) is 3.14. The standard InChI is InChI=1S/C25H29N3O5S/c1-5-13-33-24(30)21-16(2)26-25-28(17(15-34-25)14-20(29)27-11-6-7-12-27)22(21)18-9-8-10-19(31-3)23(18)32-4/h5,8-10,15,22H,1,6-7,11-14H2,2-4H3/t22-/m0/s1. The largest absolute Gasteiger partial charge is 0.493 e. The Morgan fingerprint density at radius 3 is 2.68 bits per heavy atom. The summed E-state index contributed by atoms with van der Waals surface area (Å²) in [5, 5.41) is 2.65. The van der Waals surface area contributed by atoms with Crippen LogP contribution in [0.25, 0.3) is 0 Å². The van der Waals surface area contributed by atoms with Crippen LogP contribution in [-0.4, -0.2) is 60.8 Å². The zero-order chi connectivity index (χ0) is 24.2. The van der Waals surface area contributed by atoms with E-state index in [1.165, 1.54) is 17.8 Å². The third-order valence-corrected chi connectivity index (χ3v) is 6.96. The van der Waals surface area contributed by atoms with Crippen LogP contribution in [0.5, 0.6) is 11.5 Å². The fraction of sp³-hybridized carbons (Fsp3) is 0.400. The molecule has 34 heavy (non-hydrogen) atoms. The molecule has 3 aliphatic rings. The van der Waals surface area contributed by atoms with Crippen LogP contribution in [-0.2, 0) is 14.3 Å². The maximum atomic E-state index is 13.2. The number of ether oxygens (including phenoxy) is 3. The Labute approximate surface area is 203 Å². The summed E-state index contributed by atoms with van der Waals surface area (Å²) in [5.74, 6) is 0.646. The van der Waals surface area contributed by atoms with E-state index >= 15 is 0 Å². The van der Waals surface area contributed by atoms with E-state index in [1.54, 1.807) is 27.2 Å². The fourth-order valence-electron chi connectivity index (χ4n) is 4.50. The third kappa shape index (κ3) is 4.44. The van der Waals surface area contributed by atoms with Gasteiger partial charge in [-0.1, -0.05) is 36.5 Å². The molecule has 1 aromatic rings. The smallest absolute Gasteiger partial charge is 0.338 e. The lowest BCUT2D eigenvalue weighted by Gasteiger charge is -2.37. The average Bonchev–Trinajstić information content (AvgIpc) is 3.51. The van der Waals surface area contributed by atoms with Crippen LogP contribution in [0.15, 0.2) is 58.2 Å². The predicted octanol–water partition coefficient (Wildman–Crippen LogP) is 4.02. The molecule has 9 heteroatoms. The highest BCUT2D eigenvalue weighted by Gasteiger charge is 2.43. The van der Waals surface area contributed by atoms with Crippen molar-refractivity contribution in [1.29, 1.82) is 0 Å². The molecular formula is C25H29N3O5S. The van der Waals surface area contributed by atoms with Gasteiger partial charge < -0.3 is 24.0 Å². The van der Waals surface area contributed by atoms with Gasteiger partial charge >= 0.3 is 5.97 Å². The Balaban J connectivity index is 1.79. The first-order valence-electron chi connectivity index (χ1n) is 11.2. The highest BCUT2D eigenvalue weighted by Crippen LogP contribution is 2.48. The number of nitrogens with zero attached hydrogens (tertiary/aromatic N) is 3. The molecule has 1 aromatic carbocycles. The van der Waals surface area contributed by atoms with Gasteiger partial charge in [-0.3, -0.25) is 4.79 Å². The first-order valence-corrected chi connectivity index (χ1v) is 12.1. The second-order valence-electron chi connectivity index (χ2n) is 8.13. The maximum Gasteiger partial charge on any atom is 0.338 e. The topological polar surface area (TPSA) is 80.7 Å². The van der Waals surface area contributed by atoms with Crippen molar-refractivity contribution in [3.63, 3.8) is 0 Å². The number of carbonyl (C=O) groups is 2. The minimum Gasteiger partial charge on any atom is -0.493 e. The van der Waals surface area contributed by atoms with Gasteiger partial charge in [0.2, 0.25) is 5.91 Å². The number of likely N-dealkylation sites (tertiary alicyclic amines) is 1. The van der Waals surface area contributed by atoms with Crippen LogP contribution >= 0.6 is 11.8 Å². The second-order valence-corrected chi connectivity index (χ2v) is 8.96. The first-order chi connectivity index (χ1) is 16.5. The number of fused-ring (bicyclic) bond motifs is 1. The summed E-state index contributed by atoms with van der Waals surface area (Å²) in [4.78, 5) is 34.8. The number of para-hydroxylation sites is 1. The number of amides is 1. The van der Waals surface area contributed by atoms with Crippen molar-refractivity contribution in [3.05, 3.63) is 58.8 Å². The molecule has 0 saturated carbocycles. The first kappa shape index (κ1) is 23.9. The summed E-state index contributed by atoms with van der Waals surface area (Å²) in [6, 6.07) is 4.96. The van der Waals surface area contributed by atoms with Gasteiger partial charge in [-0.05, 0) is 31.2 Å². The Morgan fingerprint density at radius 1 is 1.24 bits per heavy atom. The molecule has 0 bridgehead atoms. The highest BCUT2D eigenvalue weighted by molar-refractivity contribution is 8.16. The fourth-order valence-corrected chi connectivity index (χ4v) is 5.46. The zero-order valence-corrected chi connectivity index (χ0v) is 20.5. The summed E-state index contributed by atoms with van der Waals surface area (Å²) >= 11 is 1.44. The van der Waals surface area contributed by atoms with Crippen LogP contribution in [0.3, 0.4) is 0 Å². The van der Waals surface area contributed by atoms with Crippen molar-refractivity contribution in [2.75, 3.05) is 33.9 Å². The molecule has 8 nitrogen and oxygen atoms in total. The van der Waals surface area contributed by atoms with Crippen LogP contribution in [0.2, 0.25) is 0 Å². The molecule has 3 heterocycles. The van der Waals surface area contributed by atoms with Crippen molar-refractivity contribution >= 4 is 28.8 Å². The molecule has 0 spiro atoms. The van der Waals surface area contributed by atoms with Crippen molar-refractivity contribution in [2.24, 2.45) is 4.99 Å². The summed E-state index contributed by atoms with van der Waals surface area (Å²) in [5.41, 5.74) is 2.46. The number of rotatable bonds is 8. The number of aliphatic imine (C=N–C) groups is 1. The van der Waals surface area contributed by atoms with E-state index in [-0.39, 0.29) is 18.9 Å². The Bertz CT molecular complexity index is 1090. The number of hydrogen-bond acceptors (Lipinski definition) is 8. The number of thioether (sulfide) groups is 1. The van der Waals surface area contributed by atoms with Gasteiger partial charge in [-0.25, -0.2) is 9.79 Å². The maximum absolute atomic E-state index is 13.2. The number of hydrogen-bond donors (Lipinski definition) is 0. The molecule has 0 radical (unpaired) electrons. The average molecular weight is 484 g/mol. The minimum atomic E-state index is -0.595. The molecule has 0 N–H and O–H groups in total. The SMILES string of the molecule is C=CCOC(=O)C1=C(C)N=C2SC=C(CC(=O)N3CCCC3)N2[C@H]1c1cccc(OC)c1OC. The summed E-state index contributed by atoms with van der Waals surface area (Å²) in [6.07, 6.45) is 3.81. The predicted molar refractivity (Wildman–Crippen MR) is 132 cm³/mol. The number of carbonyl (C=O) groups excluding carboxylic acids is 2. The van der Waals surface area contributed by atoms with Gasteiger partial charge in [-0.2, -0.15) is 0 Å². The van der Waals surface area contributed by atoms with Gasteiger partial charge in [0.25, 0.3) is 0 Å². The number of allylic oxidation sites excluding steroid dienone is 1. The number of benzene rings is 1. The summed E-state index contributed by atoms with van der Waals surface area (Å²) < 4.78 is 16.7. The molecule has 1 atom stereocenters. The quantitative estimate of drug-likeness (QED) is 0.408. The Kier molecular flexibility index (Phi) is 7.31. The lowest BCUT2D eigenvalue weighted by molar-refractivity contribution is -0.138. The van der Waals surface area contributed by atoms with E-state index < -0.39 is 12.0 Å². The van der Waals surface area contributed by atoms with Gasteiger partial charge in [0.1, 0.15) is 6.61 Å². The van der Waals surface area contributed by atoms with Crippen LogP contribution in [0.1, 0.15) is 37.8 Å². The van der Waals surface area contributed by atoms with Crippen molar-refractivity contribution in [2.45, 2.75) is 32.2 Å². The molecule has 1 fully saturated rings. The number of amidine groups is 1. The molecule has 0 aromatic heterocycles. The lowest BCUT2D eigenvalue weighted by atomic mass is 9.92. The third-order valence-electron chi connectivity index (χ3n) is 6.07. The van der Waals surface area contributed by atoms with E-state index in [9.17, 15) is 9.59 Å². The molecule has 4 rings (SSSR count). The molecule has 1 amide bonds. The molecule has 0 aliphatic carbocycles. The molecule has 3 aliphatic heterocycles. The van der Waals surface area contributed by atoms with E-state index in [0.29, 0.717) is 27.9 Å². The highest BCUT2D eigenvalue weighted by atomic mass is 32.2. The lowest BCUT2D eigenvalue weighted by Crippen LogP contribution is -2.38.